The van der Waals surface area contributed by atoms with E-state index in [0.717, 1.165) is 4.90 Å². The first-order valence-corrected chi connectivity index (χ1v) is 5.77. The van der Waals surface area contributed by atoms with Crippen molar-refractivity contribution in [3.05, 3.63) is 35.4 Å². The molecule has 0 aliphatic carbocycles. The van der Waals surface area contributed by atoms with Crippen LogP contribution in [0.1, 0.15) is 29.8 Å². The van der Waals surface area contributed by atoms with E-state index in [0.29, 0.717) is 5.56 Å². The van der Waals surface area contributed by atoms with Gasteiger partial charge in [-0.3, -0.25) is 9.69 Å². The minimum absolute atomic E-state index is 0.133. The van der Waals surface area contributed by atoms with Crippen molar-refractivity contribution in [3.63, 3.8) is 0 Å². The van der Waals surface area contributed by atoms with E-state index in [1.54, 1.807) is 26.0 Å². The Morgan fingerprint density at radius 3 is 2.26 bits per heavy atom. The largest absolute Gasteiger partial charge is 0.478 e. The molecule has 0 bridgehead atoms. The quantitative estimate of drug-likeness (QED) is 0.802. The van der Waals surface area contributed by atoms with Gasteiger partial charge in [0.1, 0.15) is 5.54 Å². The molecule has 1 saturated heterocycles. The van der Waals surface area contributed by atoms with Gasteiger partial charge in [0.2, 0.25) is 0 Å². The van der Waals surface area contributed by atoms with Crippen LogP contribution in [-0.4, -0.2) is 33.5 Å². The smallest absolute Gasteiger partial charge is 0.335 e. The van der Waals surface area contributed by atoms with Gasteiger partial charge in [0, 0.05) is 0 Å². The molecular formula is C13H14N2O4. The molecule has 1 aliphatic rings. The standard InChI is InChI=1S/C13H14N2O4/c1-13(2)11(18)15(12(19)14-13)7-8-3-5-9(6-4-8)10(16)17/h3-6H,7H2,1-2H3,(H,14,19)(H,16,17). The van der Waals surface area contributed by atoms with Gasteiger partial charge < -0.3 is 10.4 Å². The third kappa shape index (κ3) is 2.42. The Labute approximate surface area is 110 Å². The molecule has 1 aromatic carbocycles. The SMILES string of the molecule is CC1(C)NC(=O)N(Cc2ccc(C(=O)O)cc2)C1=O. The summed E-state index contributed by atoms with van der Waals surface area (Å²) in [5.41, 5.74) is -0.0227. The van der Waals surface area contributed by atoms with Crippen molar-refractivity contribution in [1.29, 1.82) is 0 Å². The molecule has 2 N–H and O–H groups in total. The third-order valence-corrected chi connectivity index (χ3v) is 2.99. The molecule has 1 fully saturated rings. The lowest BCUT2D eigenvalue weighted by atomic mass is 10.1. The van der Waals surface area contributed by atoms with Crippen LogP contribution in [0.3, 0.4) is 0 Å². The summed E-state index contributed by atoms with van der Waals surface area (Å²) >= 11 is 0. The second kappa shape index (κ2) is 4.38. The maximum Gasteiger partial charge on any atom is 0.335 e. The van der Waals surface area contributed by atoms with Gasteiger partial charge in [-0.25, -0.2) is 9.59 Å². The summed E-state index contributed by atoms with van der Waals surface area (Å²) < 4.78 is 0. The van der Waals surface area contributed by atoms with E-state index in [4.69, 9.17) is 5.11 Å². The summed E-state index contributed by atoms with van der Waals surface area (Å²) in [5, 5.41) is 11.4. The molecule has 1 aliphatic heterocycles. The Kier molecular flexibility index (Phi) is 3.01. The number of carboxylic acids is 1. The molecule has 19 heavy (non-hydrogen) atoms. The third-order valence-electron chi connectivity index (χ3n) is 2.99. The summed E-state index contributed by atoms with van der Waals surface area (Å²) in [7, 11) is 0. The maximum absolute atomic E-state index is 12.0. The number of imide groups is 1. The second-order valence-electron chi connectivity index (χ2n) is 4.95. The van der Waals surface area contributed by atoms with Crippen molar-refractivity contribution in [2.24, 2.45) is 0 Å². The number of aromatic carboxylic acids is 1. The van der Waals surface area contributed by atoms with Crippen LogP contribution >= 0.6 is 0 Å². The Bertz CT molecular complexity index is 548. The first-order chi connectivity index (χ1) is 8.81. The van der Waals surface area contributed by atoms with Crippen LogP contribution in [0.15, 0.2) is 24.3 Å². The summed E-state index contributed by atoms with van der Waals surface area (Å²) in [6, 6.07) is 5.64. The van der Waals surface area contributed by atoms with Crippen molar-refractivity contribution in [2.45, 2.75) is 25.9 Å². The lowest BCUT2D eigenvalue weighted by Crippen LogP contribution is -2.40. The number of benzene rings is 1. The van der Waals surface area contributed by atoms with Gasteiger partial charge in [0.25, 0.3) is 5.91 Å². The van der Waals surface area contributed by atoms with Crippen LogP contribution in [0.4, 0.5) is 4.79 Å². The zero-order valence-electron chi connectivity index (χ0n) is 10.6. The monoisotopic (exact) mass is 262 g/mol. The van der Waals surface area contributed by atoms with Crippen molar-refractivity contribution in [1.82, 2.24) is 10.2 Å². The van der Waals surface area contributed by atoms with E-state index < -0.39 is 17.5 Å². The zero-order valence-corrected chi connectivity index (χ0v) is 10.6. The van der Waals surface area contributed by atoms with Crippen LogP contribution in [0.5, 0.6) is 0 Å². The van der Waals surface area contributed by atoms with Gasteiger partial charge in [0.15, 0.2) is 0 Å². The fraction of sp³-hybridized carbons (Fsp3) is 0.308. The first-order valence-electron chi connectivity index (χ1n) is 5.77. The lowest BCUT2D eigenvalue weighted by molar-refractivity contribution is -0.130. The zero-order chi connectivity index (χ0) is 14.2. The molecule has 3 amide bonds. The highest BCUT2D eigenvalue weighted by Gasteiger charge is 2.43. The number of carboxylic acid groups (broad SMARTS) is 1. The van der Waals surface area contributed by atoms with Crippen LogP contribution in [-0.2, 0) is 11.3 Å². The predicted molar refractivity (Wildman–Crippen MR) is 66.6 cm³/mol. The Morgan fingerprint density at radius 1 is 1.26 bits per heavy atom. The Hall–Kier alpha value is -2.37. The van der Waals surface area contributed by atoms with Crippen LogP contribution < -0.4 is 5.32 Å². The molecular weight excluding hydrogens is 248 g/mol. The fourth-order valence-electron chi connectivity index (χ4n) is 1.90. The molecule has 100 valence electrons. The molecule has 0 radical (unpaired) electrons. The van der Waals surface area contributed by atoms with E-state index in [-0.39, 0.29) is 18.0 Å². The average molecular weight is 262 g/mol. The van der Waals surface area contributed by atoms with Crippen molar-refractivity contribution < 1.29 is 19.5 Å². The minimum Gasteiger partial charge on any atom is -0.478 e. The molecule has 1 heterocycles. The predicted octanol–water partition coefficient (Wildman–Crippen LogP) is 1.22. The van der Waals surface area contributed by atoms with Crippen molar-refractivity contribution in [3.8, 4) is 0 Å². The highest BCUT2D eigenvalue weighted by Crippen LogP contribution is 2.19. The van der Waals surface area contributed by atoms with Crippen LogP contribution in [0.25, 0.3) is 0 Å². The molecule has 2 rings (SSSR count). The lowest BCUT2D eigenvalue weighted by Gasteiger charge is -2.16. The van der Waals surface area contributed by atoms with Crippen molar-refractivity contribution in [2.75, 3.05) is 0 Å². The van der Waals surface area contributed by atoms with Gasteiger partial charge in [0.05, 0.1) is 12.1 Å². The van der Waals surface area contributed by atoms with Crippen molar-refractivity contribution >= 4 is 17.9 Å². The molecule has 0 atom stereocenters. The molecule has 6 nitrogen and oxygen atoms in total. The molecule has 0 spiro atoms. The first kappa shape index (κ1) is 13.1. The highest BCUT2D eigenvalue weighted by atomic mass is 16.4. The number of nitrogens with zero attached hydrogens (tertiary/aromatic N) is 1. The summed E-state index contributed by atoms with van der Waals surface area (Å²) in [6.07, 6.45) is 0. The van der Waals surface area contributed by atoms with E-state index in [1.165, 1.54) is 12.1 Å². The number of rotatable bonds is 3. The van der Waals surface area contributed by atoms with Gasteiger partial charge in [-0.15, -0.1) is 0 Å². The van der Waals surface area contributed by atoms with Crippen LogP contribution in [0.2, 0.25) is 0 Å². The van der Waals surface area contributed by atoms with E-state index in [1.807, 2.05) is 0 Å². The van der Waals surface area contributed by atoms with Gasteiger partial charge in [-0.1, -0.05) is 12.1 Å². The average Bonchev–Trinajstić information content (AvgIpc) is 2.52. The molecule has 1 aromatic rings. The van der Waals surface area contributed by atoms with Gasteiger partial charge in [-0.2, -0.15) is 0 Å². The topological polar surface area (TPSA) is 86.7 Å². The normalized spacial score (nSPS) is 17.5. The number of urea groups is 1. The number of nitrogens with one attached hydrogen (secondary N) is 1. The minimum atomic E-state index is -1.01. The number of amides is 3. The second-order valence-corrected chi connectivity index (χ2v) is 4.95. The Balaban J connectivity index is 2.16. The molecule has 0 saturated carbocycles. The molecule has 0 unspecified atom stereocenters. The van der Waals surface area contributed by atoms with E-state index in [2.05, 4.69) is 5.32 Å². The fourth-order valence-corrected chi connectivity index (χ4v) is 1.90. The summed E-state index contributed by atoms with van der Waals surface area (Å²) in [5.74, 6) is -1.30. The number of carbonyl (C=O) groups excluding carboxylic acids is 2. The van der Waals surface area contributed by atoms with Gasteiger partial charge in [-0.05, 0) is 31.5 Å². The van der Waals surface area contributed by atoms with E-state index in [9.17, 15) is 14.4 Å². The maximum atomic E-state index is 12.0. The number of hydrogen-bond acceptors (Lipinski definition) is 3. The molecule has 0 aromatic heterocycles. The Morgan fingerprint density at radius 2 is 1.84 bits per heavy atom. The number of carbonyl (C=O) groups is 3. The number of hydrogen-bond donors (Lipinski definition) is 2. The van der Waals surface area contributed by atoms with Gasteiger partial charge >= 0.3 is 12.0 Å². The summed E-state index contributed by atoms with van der Waals surface area (Å²) in [6.45, 7) is 3.41. The summed E-state index contributed by atoms with van der Waals surface area (Å²) in [4.78, 5) is 35.5. The highest BCUT2D eigenvalue weighted by molar-refractivity contribution is 6.06. The van der Waals surface area contributed by atoms with E-state index >= 15 is 0 Å². The van der Waals surface area contributed by atoms with Crippen LogP contribution in [0, 0.1) is 0 Å². The molecule has 6 heteroatoms.